The molecule has 1 aromatic carbocycles. The summed E-state index contributed by atoms with van der Waals surface area (Å²) in [7, 11) is -3.56. The average molecular weight is 407 g/mol. The molecule has 0 aromatic heterocycles. The lowest BCUT2D eigenvalue weighted by Gasteiger charge is -2.37. The molecule has 3 rings (SSSR count). The van der Waals surface area contributed by atoms with E-state index in [1.54, 1.807) is 24.3 Å². The Morgan fingerprint density at radius 1 is 0.964 bits per heavy atom. The molecule has 1 amide bonds. The van der Waals surface area contributed by atoms with Gasteiger partial charge in [0.15, 0.2) is 0 Å². The Labute approximate surface area is 170 Å². The second-order valence-electron chi connectivity index (χ2n) is 8.14. The summed E-state index contributed by atoms with van der Waals surface area (Å²) >= 11 is 0. The summed E-state index contributed by atoms with van der Waals surface area (Å²) in [6.45, 7) is 6.75. The van der Waals surface area contributed by atoms with Crippen LogP contribution in [0.3, 0.4) is 0 Å². The summed E-state index contributed by atoms with van der Waals surface area (Å²) in [5.41, 5.74) is 0.498. The highest BCUT2D eigenvalue weighted by Gasteiger charge is 2.39. The van der Waals surface area contributed by atoms with E-state index in [4.69, 9.17) is 0 Å². The van der Waals surface area contributed by atoms with Crippen LogP contribution in [0.25, 0.3) is 0 Å². The molecular formula is C22H34N2O3S. The molecule has 0 radical (unpaired) electrons. The minimum Gasteiger partial charge on any atom is -0.333 e. The Morgan fingerprint density at radius 3 is 2.04 bits per heavy atom. The first kappa shape index (κ1) is 21.3. The summed E-state index contributed by atoms with van der Waals surface area (Å²) in [6.07, 6.45) is 7.86. The fourth-order valence-corrected chi connectivity index (χ4v) is 5.97. The molecule has 2 saturated carbocycles. The number of amides is 1. The van der Waals surface area contributed by atoms with Gasteiger partial charge < -0.3 is 4.90 Å². The van der Waals surface area contributed by atoms with Gasteiger partial charge >= 0.3 is 0 Å². The van der Waals surface area contributed by atoms with E-state index >= 15 is 0 Å². The average Bonchev–Trinajstić information content (AvgIpc) is 3.54. The van der Waals surface area contributed by atoms with Gasteiger partial charge in [-0.1, -0.05) is 33.3 Å². The molecule has 0 aliphatic heterocycles. The molecule has 156 valence electrons. The number of rotatable bonds is 8. The van der Waals surface area contributed by atoms with E-state index in [9.17, 15) is 13.2 Å². The van der Waals surface area contributed by atoms with Crippen LogP contribution in [-0.4, -0.2) is 48.7 Å². The van der Waals surface area contributed by atoms with Gasteiger partial charge in [-0.05, 0) is 62.6 Å². The fraction of sp³-hybridized carbons (Fsp3) is 0.682. The topological polar surface area (TPSA) is 57.7 Å². The second-order valence-corrected chi connectivity index (χ2v) is 10.1. The molecule has 1 aromatic rings. The summed E-state index contributed by atoms with van der Waals surface area (Å²) in [6, 6.07) is 7.25. The van der Waals surface area contributed by atoms with Gasteiger partial charge in [0.2, 0.25) is 10.0 Å². The van der Waals surface area contributed by atoms with Crippen molar-refractivity contribution in [3.8, 4) is 0 Å². The largest absolute Gasteiger partial charge is 0.333 e. The molecule has 0 bridgehead atoms. The number of sulfonamides is 1. The quantitative estimate of drug-likeness (QED) is 0.647. The van der Waals surface area contributed by atoms with E-state index < -0.39 is 10.0 Å². The lowest BCUT2D eigenvalue weighted by atomic mass is 9.83. The third-order valence-corrected chi connectivity index (χ3v) is 8.43. The highest BCUT2D eigenvalue weighted by molar-refractivity contribution is 7.89. The minimum absolute atomic E-state index is 0.000884. The Balaban J connectivity index is 1.83. The molecule has 6 heteroatoms. The number of nitrogens with zero attached hydrogens (tertiary/aromatic N) is 2. The molecule has 2 fully saturated rings. The number of hydrogen-bond donors (Lipinski definition) is 0. The molecular weight excluding hydrogens is 372 g/mol. The summed E-state index contributed by atoms with van der Waals surface area (Å²) < 4.78 is 27.1. The SMILES string of the molecule is CCC1CCC(N(C(=O)c2cccc(S(=O)(=O)N(CC)CC)c2)C2CC2)CC1. The van der Waals surface area contributed by atoms with Crippen LogP contribution in [0.2, 0.25) is 0 Å². The molecule has 28 heavy (non-hydrogen) atoms. The lowest BCUT2D eigenvalue weighted by molar-refractivity contribution is 0.0587. The number of benzene rings is 1. The van der Waals surface area contributed by atoms with Gasteiger partial charge in [0.1, 0.15) is 0 Å². The van der Waals surface area contributed by atoms with Crippen LogP contribution < -0.4 is 0 Å². The first-order valence-electron chi connectivity index (χ1n) is 10.8. The third kappa shape index (κ3) is 4.43. The fourth-order valence-electron chi connectivity index (χ4n) is 4.47. The maximum atomic E-state index is 13.4. The number of carbonyl (C=O) groups is 1. The third-order valence-electron chi connectivity index (χ3n) is 6.39. The van der Waals surface area contributed by atoms with Gasteiger partial charge in [-0.2, -0.15) is 4.31 Å². The summed E-state index contributed by atoms with van der Waals surface area (Å²) in [5.74, 6) is 0.786. The van der Waals surface area contributed by atoms with E-state index in [1.807, 2.05) is 13.8 Å². The van der Waals surface area contributed by atoms with Gasteiger partial charge in [0, 0.05) is 30.7 Å². The van der Waals surface area contributed by atoms with Crippen LogP contribution in [0, 0.1) is 5.92 Å². The van der Waals surface area contributed by atoms with E-state index in [0.29, 0.717) is 30.7 Å². The van der Waals surface area contributed by atoms with Crippen molar-refractivity contribution in [2.24, 2.45) is 5.92 Å². The Hall–Kier alpha value is -1.40. The van der Waals surface area contributed by atoms with Crippen molar-refractivity contribution in [2.75, 3.05) is 13.1 Å². The van der Waals surface area contributed by atoms with Crippen LogP contribution in [0.5, 0.6) is 0 Å². The van der Waals surface area contributed by atoms with Gasteiger partial charge in [-0.3, -0.25) is 4.79 Å². The smallest absolute Gasteiger partial charge is 0.254 e. The number of carbonyl (C=O) groups excluding carboxylic acids is 1. The van der Waals surface area contributed by atoms with Crippen molar-refractivity contribution < 1.29 is 13.2 Å². The van der Waals surface area contributed by atoms with E-state index in [0.717, 1.165) is 31.6 Å². The molecule has 2 aliphatic carbocycles. The van der Waals surface area contributed by atoms with Crippen molar-refractivity contribution in [3.05, 3.63) is 29.8 Å². The predicted octanol–water partition coefficient (Wildman–Crippen LogP) is 4.29. The van der Waals surface area contributed by atoms with Crippen LogP contribution >= 0.6 is 0 Å². The molecule has 0 atom stereocenters. The minimum atomic E-state index is -3.56. The van der Waals surface area contributed by atoms with Crippen molar-refractivity contribution in [2.45, 2.75) is 82.7 Å². The summed E-state index contributed by atoms with van der Waals surface area (Å²) in [5, 5.41) is 0. The first-order valence-corrected chi connectivity index (χ1v) is 12.3. The predicted molar refractivity (Wildman–Crippen MR) is 112 cm³/mol. The standard InChI is InChI=1S/C22H34N2O3S/c1-4-17-10-12-19(13-11-17)24(20-14-15-20)22(25)18-8-7-9-21(16-18)28(26,27)23(5-2)6-3/h7-9,16-17,19-20H,4-6,10-15H2,1-3H3. The zero-order valence-electron chi connectivity index (χ0n) is 17.4. The van der Waals surface area contributed by atoms with Crippen LogP contribution in [0.1, 0.15) is 76.1 Å². The normalized spacial score (nSPS) is 23.0. The zero-order chi connectivity index (χ0) is 20.3. The van der Waals surface area contributed by atoms with Crippen molar-refractivity contribution in [1.29, 1.82) is 0 Å². The van der Waals surface area contributed by atoms with E-state index in [1.165, 1.54) is 23.6 Å². The Bertz CT molecular complexity index is 777. The molecule has 2 aliphatic rings. The highest BCUT2D eigenvalue weighted by atomic mass is 32.2. The molecule has 0 N–H and O–H groups in total. The second kappa shape index (κ2) is 8.95. The molecule has 0 spiro atoms. The maximum absolute atomic E-state index is 13.4. The molecule has 0 saturated heterocycles. The van der Waals surface area contributed by atoms with Gasteiger partial charge in [-0.25, -0.2) is 8.42 Å². The number of hydrogen-bond acceptors (Lipinski definition) is 3. The molecule has 0 heterocycles. The van der Waals surface area contributed by atoms with Crippen molar-refractivity contribution >= 4 is 15.9 Å². The van der Waals surface area contributed by atoms with E-state index in [-0.39, 0.29) is 10.8 Å². The zero-order valence-corrected chi connectivity index (χ0v) is 18.2. The first-order chi connectivity index (χ1) is 13.4. The van der Waals surface area contributed by atoms with Crippen LogP contribution in [0.15, 0.2) is 29.2 Å². The molecule has 0 unspecified atom stereocenters. The Morgan fingerprint density at radius 2 is 1.54 bits per heavy atom. The molecule has 5 nitrogen and oxygen atoms in total. The Kier molecular flexibility index (Phi) is 6.81. The van der Waals surface area contributed by atoms with Crippen molar-refractivity contribution in [1.82, 2.24) is 9.21 Å². The van der Waals surface area contributed by atoms with Gasteiger partial charge in [0.25, 0.3) is 5.91 Å². The highest BCUT2D eigenvalue weighted by Crippen LogP contribution is 2.37. The monoisotopic (exact) mass is 406 g/mol. The van der Waals surface area contributed by atoms with Crippen molar-refractivity contribution in [3.63, 3.8) is 0 Å². The lowest BCUT2D eigenvalue weighted by Crippen LogP contribution is -2.44. The van der Waals surface area contributed by atoms with Gasteiger partial charge in [0.05, 0.1) is 4.90 Å². The maximum Gasteiger partial charge on any atom is 0.254 e. The van der Waals surface area contributed by atoms with Gasteiger partial charge in [-0.15, -0.1) is 0 Å². The summed E-state index contributed by atoms with van der Waals surface area (Å²) in [4.78, 5) is 15.7. The van der Waals surface area contributed by atoms with Crippen LogP contribution in [0.4, 0.5) is 0 Å². The van der Waals surface area contributed by atoms with E-state index in [2.05, 4.69) is 11.8 Å². The van der Waals surface area contributed by atoms with Crippen LogP contribution in [-0.2, 0) is 10.0 Å².